The molecule has 2 saturated heterocycles. The second kappa shape index (κ2) is 13.1. The van der Waals surface area contributed by atoms with Crippen LogP contribution >= 0.6 is 0 Å². The first-order valence-electron chi connectivity index (χ1n) is 15.8. The molecule has 0 spiro atoms. The molecule has 238 valence electrons. The van der Waals surface area contributed by atoms with Crippen molar-refractivity contribution >= 4 is 49.7 Å². The molecule has 10 nitrogen and oxygen atoms in total. The van der Waals surface area contributed by atoms with E-state index in [0.29, 0.717) is 45.9 Å². The Bertz CT molecular complexity index is 1770. The van der Waals surface area contributed by atoms with E-state index in [1.165, 1.54) is 32.4 Å². The Labute approximate surface area is 265 Å². The van der Waals surface area contributed by atoms with Crippen molar-refractivity contribution in [3.05, 3.63) is 66.4 Å². The van der Waals surface area contributed by atoms with Gasteiger partial charge in [0.05, 0.1) is 34.3 Å². The van der Waals surface area contributed by atoms with Gasteiger partial charge in [0.25, 0.3) is 5.91 Å². The van der Waals surface area contributed by atoms with Gasteiger partial charge < -0.3 is 30.2 Å². The van der Waals surface area contributed by atoms with Gasteiger partial charge in [-0.1, -0.05) is 18.6 Å². The third kappa shape index (κ3) is 6.50. The van der Waals surface area contributed by atoms with Crippen molar-refractivity contribution in [3.63, 3.8) is 0 Å². The van der Waals surface area contributed by atoms with E-state index in [9.17, 15) is 13.2 Å². The number of nitrogens with zero attached hydrogens (tertiary/aromatic N) is 3. The number of hydrogen-bond acceptors (Lipinski definition) is 8. The molecule has 45 heavy (non-hydrogen) atoms. The second-order valence-corrected chi connectivity index (χ2v) is 14.6. The van der Waals surface area contributed by atoms with Gasteiger partial charge in [0, 0.05) is 42.3 Å². The molecule has 2 aromatic carbocycles. The van der Waals surface area contributed by atoms with Crippen LogP contribution in [0.15, 0.2) is 65.7 Å². The van der Waals surface area contributed by atoms with Crippen molar-refractivity contribution in [1.29, 1.82) is 0 Å². The standard InChI is InChI=1S/C34H42N6O4S/c1-23(2)45(42,43)31-10-6-5-9-28(31)36-29-22-32(38-33-26(29)13-16-35-33)37-27-12-11-24(21-30(27)44-3)34(41)40-19-14-25(15-20-40)39-17-7-4-8-18-39/h5-6,9-13,16,21-23,25H,4,7-8,14-15,17-20H2,1-3H3,(H3,35,36,37,38). The number of amides is 1. The molecule has 0 aliphatic carbocycles. The number of carbonyl (C=O) groups excluding carboxylic acids is 1. The van der Waals surface area contributed by atoms with E-state index in [-0.39, 0.29) is 10.8 Å². The monoisotopic (exact) mass is 630 g/mol. The molecule has 4 aromatic rings. The molecular formula is C34H42N6O4S. The number of aromatic nitrogens is 2. The van der Waals surface area contributed by atoms with E-state index in [1.807, 2.05) is 29.2 Å². The number of anilines is 4. The largest absolute Gasteiger partial charge is 0.495 e. The molecule has 0 saturated carbocycles. The number of fused-ring (bicyclic) bond motifs is 1. The van der Waals surface area contributed by atoms with E-state index in [2.05, 4.69) is 20.5 Å². The number of sulfone groups is 1. The first kappa shape index (κ1) is 30.9. The molecular weight excluding hydrogens is 588 g/mol. The van der Waals surface area contributed by atoms with E-state index >= 15 is 0 Å². The number of aromatic amines is 1. The Morgan fingerprint density at radius 3 is 2.42 bits per heavy atom. The highest BCUT2D eigenvalue weighted by Gasteiger charge is 2.28. The van der Waals surface area contributed by atoms with E-state index < -0.39 is 15.1 Å². The zero-order chi connectivity index (χ0) is 31.6. The van der Waals surface area contributed by atoms with Crippen LogP contribution in [0.25, 0.3) is 11.0 Å². The first-order chi connectivity index (χ1) is 21.7. The smallest absolute Gasteiger partial charge is 0.253 e. The summed E-state index contributed by atoms with van der Waals surface area (Å²) in [6, 6.07) is 16.7. The summed E-state index contributed by atoms with van der Waals surface area (Å²) in [5, 5.41) is 6.93. The summed E-state index contributed by atoms with van der Waals surface area (Å²) in [6.45, 7) is 7.24. The highest BCUT2D eigenvalue weighted by Crippen LogP contribution is 2.35. The molecule has 4 heterocycles. The molecule has 0 bridgehead atoms. The molecule has 0 unspecified atom stereocenters. The van der Waals surface area contributed by atoms with Gasteiger partial charge in [-0.3, -0.25) is 4.79 Å². The number of likely N-dealkylation sites (tertiary alicyclic amines) is 2. The summed E-state index contributed by atoms with van der Waals surface area (Å²) in [4.78, 5) is 26.2. The minimum absolute atomic E-state index is 0.0179. The van der Waals surface area contributed by atoms with Gasteiger partial charge in [-0.05, 0) is 89.0 Å². The number of ether oxygens (including phenoxy) is 1. The molecule has 1 amide bonds. The van der Waals surface area contributed by atoms with Crippen molar-refractivity contribution in [3.8, 4) is 5.75 Å². The number of carbonyl (C=O) groups is 1. The van der Waals surface area contributed by atoms with Crippen LogP contribution < -0.4 is 15.4 Å². The quantitative estimate of drug-likeness (QED) is 0.196. The summed E-state index contributed by atoms with van der Waals surface area (Å²) < 4.78 is 31.9. The van der Waals surface area contributed by atoms with Crippen LogP contribution in [0, 0.1) is 0 Å². The van der Waals surface area contributed by atoms with Crippen molar-refractivity contribution in [2.75, 3.05) is 43.9 Å². The van der Waals surface area contributed by atoms with Gasteiger partial charge in [-0.15, -0.1) is 0 Å². The average molecular weight is 631 g/mol. The van der Waals surface area contributed by atoms with Crippen molar-refractivity contribution < 1.29 is 17.9 Å². The molecule has 0 radical (unpaired) electrons. The highest BCUT2D eigenvalue weighted by atomic mass is 32.2. The zero-order valence-corrected chi connectivity index (χ0v) is 27.0. The SMILES string of the molecule is COc1cc(C(=O)N2CCC(N3CCCCC3)CC2)ccc1Nc1cc(Nc2ccccc2S(=O)(=O)C(C)C)c2cc[nH]c2n1. The van der Waals surface area contributed by atoms with Crippen LogP contribution in [0.3, 0.4) is 0 Å². The van der Waals surface area contributed by atoms with Crippen LogP contribution in [0.5, 0.6) is 5.75 Å². The number of methoxy groups -OCH3 is 1. The van der Waals surface area contributed by atoms with Gasteiger partial charge in [0.1, 0.15) is 17.2 Å². The number of para-hydroxylation sites is 1. The second-order valence-electron chi connectivity index (χ2n) is 12.2. The number of H-pyrrole nitrogens is 1. The fourth-order valence-corrected chi connectivity index (χ4v) is 7.59. The molecule has 2 aromatic heterocycles. The predicted octanol–water partition coefficient (Wildman–Crippen LogP) is 6.33. The third-order valence-corrected chi connectivity index (χ3v) is 11.2. The summed E-state index contributed by atoms with van der Waals surface area (Å²) in [6.07, 6.45) is 7.71. The summed E-state index contributed by atoms with van der Waals surface area (Å²) in [7, 11) is -1.93. The van der Waals surface area contributed by atoms with E-state index in [4.69, 9.17) is 9.72 Å². The molecule has 0 atom stereocenters. The Hall–Kier alpha value is -4.09. The Morgan fingerprint density at radius 1 is 0.933 bits per heavy atom. The lowest BCUT2D eigenvalue weighted by atomic mass is 9.99. The van der Waals surface area contributed by atoms with Gasteiger partial charge >= 0.3 is 0 Å². The van der Waals surface area contributed by atoms with Gasteiger partial charge in [0.15, 0.2) is 9.84 Å². The fourth-order valence-electron chi connectivity index (χ4n) is 6.39. The third-order valence-electron chi connectivity index (χ3n) is 8.98. The highest BCUT2D eigenvalue weighted by molar-refractivity contribution is 7.92. The number of pyridine rings is 1. The normalized spacial score (nSPS) is 16.7. The van der Waals surface area contributed by atoms with E-state index in [1.54, 1.807) is 57.5 Å². The van der Waals surface area contributed by atoms with Gasteiger partial charge in [0.2, 0.25) is 0 Å². The van der Waals surface area contributed by atoms with Gasteiger partial charge in [-0.25, -0.2) is 13.4 Å². The lowest BCUT2D eigenvalue weighted by molar-refractivity contribution is 0.0589. The summed E-state index contributed by atoms with van der Waals surface area (Å²) in [5.74, 6) is 1.07. The minimum atomic E-state index is -3.51. The average Bonchev–Trinajstić information content (AvgIpc) is 3.54. The zero-order valence-electron chi connectivity index (χ0n) is 26.2. The number of hydrogen-bond donors (Lipinski definition) is 3. The summed E-state index contributed by atoms with van der Waals surface area (Å²) >= 11 is 0. The Kier molecular flexibility index (Phi) is 9.00. The number of rotatable bonds is 9. The first-order valence-corrected chi connectivity index (χ1v) is 17.4. The summed E-state index contributed by atoms with van der Waals surface area (Å²) in [5.41, 5.74) is 3.06. The van der Waals surface area contributed by atoms with Crippen LogP contribution in [-0.4, -0.2) is 78.7 Å². The topological polar surface area (TPSA) is 120 Å². The minimum Gasteiger partial charge on any atom is -0.495 e. The van der Waals surface area contributed by atoms with Crippen LogP contribution in [-0.2, 0) is 9.84 Å². The molecule has 3 N–H and O–H groups in total. The van der Waals surface area contributed by atoms with Crippen molar-refractivity contribution in [1.82, 2.24) is 19.8 Å². The lowest BCUT2D eigenvalue weighted by Gasteiger charge is -2.40. The number of piperidine rings is 2. The molecule has 2 aliphatic heterocycles. The molecule has 2 aliphatic rings. The Balaban J connectivity index is 1.21. The number of benzene rings is 2. The van der Waals surface area contributed by atoms with Crippen molar-refractivity contribution in [2.45, 2.75) is 62.1 Å². The molecule has 2 fully saturated rings. The lowest BCUT2D eigenvalue weighted by Crippen LogP contribution is -2.48. The van der Waals surface area contributed by atoms with Crippen LogP contribution in [0.1, 0.15) is 56.3 Å². The molecule has 11 heteroatoms. The maximum atomic E-state index is 13.5. The number of nitrogens with one attached hydrogen (secondary N) is 3. The van der Waals surface area contributed by atoms with Crippen LogP contribution in [0.2, 0.25) is 0 Å². The van der Waals surface area contributed by atoms with Crippen molar-refractivity contribution in [2.24, 2.45) is 0 Å². The molecule has 6 rings (SSSR count). The van der Waals surface area contributed by atoms with Gasteiger partial charge in [-0.2, -0.15) is 0 Å². The maximum Gasteiger partial charge on any atom is 0.253 e. The van der Waals surface area contributed by atoms with Crippen LogP contribution in [0.4, 0.5) is 22.9 Å². The maximum absolute atomic E-state index is 13.5. The van der Waals surface area contributed by atoms with E-state index in [0.717, 1.165) is 31.3 Å². The fraction of sp³-hybridized carbons (Fsp3) is 0.412. The Morgan fingerprint density at radius 2 is 1.69 bits per heavy atom. The predicted molar refractivity (Wildman–Crippen MR) is 179 cm³/mol.